The quantitative estimate of drug-likeness (QED) is 0.709. The van der Waals surface area contributed by atoms with E-state index in [4.69, 9.17) is 4.74 Å². The van der Waals surface area contributed by atoms with E-state index in [1.165, 1.54) is 19.3 Å². The van der Waals surface area contributed by atoms with E-state index in [0.717, 1.165) is 38.6 Å². The summed E-state index contributed by atoms with van der Waals surface area (Å²) in [7, 11) is 0. The molecule has 2 rings (SSSR count). The molecule has 1 atom stereocenters. The van der Waals surface area contributed by atoms with Crippen molar-refractivity contribution >= 4 is 0 Å². The van der Waals surface area contributed by atoms with Gasteiger partial charge in [0.1, 0.15) is 5.54 Å². The Bertz CT molecular complexity index is 251. The molecule has 1 aliphatic heterocycles. The molecule has 0 spiro atoms. The molecule has 84 valence electrons. The number of hydrogen-bond donors (Lipinski definition) is 0. The molecule has 0 aromatic rings. The van der Waals surface area contributed by atoms with Crippen molar-refractivity contribution in [3.05, 3.63) is 0 Å². The monoisotopic (exact) mass is 208 g/mol. The van der Waals surface area contributed by atoms with E-state index in [1.54, 1.807) is 0 Å². The molecule has 0 bridgehead atoms. The van der Waals surface area contributed by atoms with Gasteiger partial charge in [-0.1, -0.05) is 19.3 Å². The topological polar surface area (TPSA) is 36.3 Å². The predicted molar refractivity (Wildman–Crippen MR) is 58.4 cm³/mol. The van der Waals surface area contributed by atoms with Crippen molar-refractivity contribution in [3.8, 4) is 6.07 Å². The minimum absolute atomic E-state index is 0.255. The molecule has 3 heteroatoms. The fourth-order valence-corrected chi connectivity index (χ4v) is 2.56. The molecular weight excluding hydrogens is 188 g/mol. The van der Waals surface area contributed by atoms with E-state index in [1.807, 2.05) is 0 Å². The van der Waals surface area contributed by atoms with Gasteiger partial charge in [-0.2, -0.15) is 5.26 Å². The summed E-state index contributed by atoms with van der Waals surface area (Å²) < 4.78 is 5.33. The highest BCUT2D eigenvalue weighted by Gasteiger charge is 2.36. The molecule has 1 saturated carbocycles. The van der Waals surface area contributed by atoms with Crippen molar-refractivity contribution in [2.75, 3.05) is 26.3 Å². The minimum Gasteiger partial charge on any atom is -0.379 e. The number of nitrogens with zero attached hydrogens (tertiary/aromatic N) is 2. The number of nitriles is 1. The Morgan fingerprint density at radius 3 is 2.53 bits per heavy atom. The largest absolute Gasteiger partial charge is 0.379 e. The summed E-state index contributed by atoms with van der Waals surface area (Å²) in [5.41, 5.74) is -0.255. The smallest absolute Gasteiger partial charge is 0.106 e. The van der Waals surface area contributed by atoms with Crippen LogP contribution in [0.4, 0.5) is 0 Å². The molecule has 2 aliphatic rings. The molecule has 0 radical (unpaired) electrons. The Morgan fingerprint density at radius 1 is 1.40 bits per heavy atom. The first-order valence-electron chi connectivity index (χ1n) is 5.99. The van der Waals surface area contributed by atoms with Gasteiger partial charge in [0.05, 0.1) is 19.3 Å². The van der Waals surface area contributed by atoms with Crippen LogP contribution in [0.3, 0.4) is 0 Å². The number of rotatable bonds is 3. The second-order valence-electron chi connectivity index (χ2n) is 4.99. The van der Waals surface area contributed by atoms with Crippen LogP contribution in [-0.4, -0.2) is 36.7 Å². The van der Waals surface area contributed by atoms with Gasteiger partial charge in [0.2, 0.25) is 0 Å². The van der Waals surface area contributed by atoms with Crippen LogP contribution < -0.4 is 0 Å². The molecule has 3 nitrogen and oxygen atoms in total. The summed E-state index contributed by atoms with van der Waals surface area (Å²) in [4.78, 5) is 2.30. The van der Waals surface area contributed by atoms with Gasteiger partial charge in [-0.05, 0) is 19.3 Å². The van der Waals surface area contributed by atoms with Gasteiger partial charge in [-0.3, -0.25) is 4.90 Å². The van der Waals surface area contributed by atoms with Gasteiger partial charge in [0.15, 0.2) is 0 Å². The summed E-state index contributed by atoms with van der Waals surface area (Å²) in [5, 5.41) is 9.37. The third-order valence-electron chi connectivity index (χ3n) is 3.86. The van der Waals surface area contributed by atoms with Crippen LogP contribution in [0.15, 0.2) is 0 Å². The molecule has 15 heavy (non-hydrogen) atoms. The molecule has 1 saturated heterocycles. The third-order valence-corrected chi connectivity index (χ3v) is 3.86. The Labute approximate surface area is 92.0 Å². The lowest BCUT2D eigenvalue weighted by Gasteiger charge is -2.42. The van der Waals surface area contributed by atoms with Gasteiger partial charge >= 0.3 is 0 Å². The second-order valence-corrected chi connectivity index (χ2v) is 4.99. The summed E-state index contributed by atoms with van der Waals surface area (Å²) in [5.74, 6) is 0.789. The summed E-state index contributed by atoms with van der Waals surface area (Å²) in [6, 6.07) is 2.52. The summed E-state index contributed by atoms with van der Waals surface area (Å²) in [6.45, 7) is 5.48. The Morgan fingerprint density at radius 2 is 2.07 bits per heavy atom. The highest BCUT2D eigenvalue weighted by molar-refractivity contribution is 5.07. The zero-order valence-electron chi connectivity index (χ0n) is 9.54. The van der Waals surface area contributed by atoms with Crippen molar-refractivity contribution in [2.24, 2.45) is 5.92 Å². The van der Waals surface area contributed by atoms with Crippen LogP contribution in [0.25, 0.3) is 0 Å². The Kier molecular flexibility index (Phi) is 3.28. The maximum Gasteiger partial charge on any atom is 0.106 e. The summed E-state index contributed by atoms with van der Waals surface area (Å²) in [6.07, 6.45) is 5.04. The average molecular weight is 208 g/mol. The number of morpholine rings is 1. The lowest BCUT2D eigenvalue weighted by molar-refractivity contribution is -0.00881. The molecule has 1 aliphatic carbocycles. The standard InChI is InChI=1S/C12H20N2O/c1-12(10-13,9-11-3-2-4-11)14-5-7-15-8-6-14/h11H,2-9H2,1H3. The van der Waals surface area contributed by atoms with E-state index in [9.17, 15) is 5.26 Å². The van der Waals surface area contributed by atoms with Crippen molar-refractivity contribution in [1.82, 2.24) is 4.90 Å². The van der Waals surface area contributed by atoms with E-state index < -0.39 is 0 Å². The fourth-order valence-electron chi connectivity index (χ4n) is 2.56. The normalized spacial score (nSPS) is 27.7. The van der Waals surface area contributed by atoms with Gasteiger partial charge in [0, 0.05) is 13.1 Å². The Hall–Kier alpha value is -0.590. The Balaban J connectivity index is 1.95. The molecule has 0 aromatic carbocycles. The predicted octanol–water partition coefficient (Wildman–Crippen LogP) is 1.79. The zero-order chi connectivity index (χ0) is 10.7. The first-order valence-corrected chi connectivity index (χ1v) is 5.99. The SMILES string of the molecule is CC(C#N)(CC1CCC1)N1CCOCC1. The van der Waals surface area contributed by atoms with E-state index in [2.05, 4.69) is 17.9 Å². The summed E-state index contributed by atoms with van der Waals surface area (Å²) >= 11 is 0. The van der Waals surface area contributed by atoms with Crippen LogP contribution in [0.1, 0.15) is 32.6 Å². The van der Waals surface area contributed by atoms with Crippen LogP contribution in [0.2, 0.25) is 0 Å². The molecular formula is C12H20N2O. The molecule has 0 amide bonds. The average Bonchev–Trinajstić information content (AvgIpc) is 2.24. The maximum atomic E-state index is 9.37. The molecule has 1 heterocycles. The van der Waals surface area contributed by atoms with Gasteiger partial charge in [-0.15, -0.1) is 0 Å². The molecule has 2 fully saturated rings. The van der Waals surface area contributed by atoms with Crippen molar-refractivity contribution < 1.29 is 4.74 Å². The third kappa shape index (κ3) is 2.32. The highest BCUT2D eigenvalue weighted by atomic mass is 16.5. The van der Waals surface area contributed by atoms with Crippen molar-refractivity contribution in [1.29, 1.82) is 5.26 Å². The van der Waals surface area contributed by atoms with E-state index >= 15 is 0 Å². The fraction of sp³-hybridized carbons (Fsp3) is 0.917. The van der Waals surface area contributed by atoms with Crippen LogP contribution in [0, 0.1) is 17.2 Å². The van der Waals surface area contributed by atoms with E-state index in [0.29, 0.717) is 0 Å². The molecule has 1 unspecified atom stereocenters. The van der Waals surface area contributed by atoms with Crippen LogP contribution in [-0.2, 0) is 4.74 Å². The lowest BCUT2D eigenvalue weighted by Crippen LogP contribution is -2.52. The van der Waals surface area contributed by atoms with Crippen LogP contribution in [0.5, 0.6) is 0 Å². The van der Waals surface area contributed by atoms with Crippen molar-refractivity contribution in [3.63, 3.8) is 0 Å². The van der Waals surface area contributed by atoms with Crippen LogP contribution >= 0.6 is 0 Å². The zero-order valence-corrected chi connectivity index (χ0v) is 9.54. The first kappa shape index (κ1) is 10.9. The van der Waals surface area contributed by atoms with Gasteiger partial charge in [-0.25, -0.2) is 0 Å². The second kappa shape index (κ2) is 4.51. The van der Waals surface area contributed by atoms with Gasteiger partial charge in [0.25, 0.3) is 0 Å². The van der Waals surface area contributed by atoms with E-state index in [-0.39, 0.29) is 5.54 Å². The van der Waals surface area contributed by atoms with Crippen molar-refractivity contribution in [2.45, 2.75) is 38.1 Å². The highest BCUT2D eigenvalue weighted by Crippen LogP contribution is 2.36. The first-order chi connectivity index (χ1) is 7.24. The lowest BCUT2D eigenvalue weighted by atomic mass is 9.76. The number of hydrogen-bond acceptors (Lipinski definition) is 3. The number of ether oxygens (including phenoxy) is 1. The molecule has 0 N–H and O–H groups in total. The van der Waals surface area contributed by atoms with Gasteiger partial charge < -0.3 is 4.74 Å². The molecule has 0 aromatic heterocycles. The maximum absolute atomic E-state index is 9.37. The minimum atomic E-state index is -0.255.